The molecule has 0 spiro atoms. The van der Waals surface area contributed by atoms with Gasteiger partial charge in [0.1, 0.15) is 11.3 Å². The number of likely N-dealkylation sites (tertiary alicyclic amines) is 1. The third kappa shape index (κ3) is 2.35. The van der Waals surface area contributed by atoms with Gasteiger partial charge in [-0.15, -0.1) is 11.6 Å². The van der Waals surface area contributed by atoms with Gasteiger partial charge in [0.2, 0.25) is 0 Å². The molecule has 102 valence electrons. The van der Waals surface area contributed by atoms with Crippen molar-refractivity contribution in [2.45, 2.75) is 24.8 Å². The molecule has 2 heterocycles. The minimum atomic E-state index is 0.428. The number of nitrogens with zero attached hydrogens (tertiary/aromatic N) is 3. The van der Waals surface area contributed by atoms with E-state index in [1.54, 1.807) is 0 Å². The van der Waals surface area contributed by atoms with Crippen LogP contribution >= 0.6 is 23.2 Å². The van der Waals surface area contributed by atoms with Crippen LogP contribution in [0, 0.1) is 0 Å². The summed E-state index contributed by atoms with van der Waals surface area (Å²) in [5.74, 6) is 1.36. The van der Waals surface area contributed by atoms with Crippen LogP contribution in [0.1, 0.15) is 24.7 Å². The molecule has 3 rings (SSSR count). The standard InChI is InChI=1S/C14H17Cl2N3/c1-18-7-5-10(6-8-18)19-12-4-2-3-11(16)14(12)17-13(19)9-15/h2-4,10H,5-9H2,1H3. The lowest BCUT2D eigenvalue weighted by molar-refractivity contribution is 0.222. The maximum Gasteiger partial charge on any atom is 0.125 e. The lowest BCUT2D eigenvalue weighted by atomic mass is 10.0. The summed E-state index contributed by atoms with van der Waals surface area (Å²) in [5.41, 5.74) is 1.98. The average Bonchev–Trinajstić information content (AvgIpc) is 2.80. The van der Waals surface area contributed by atoms with Crippen molar-refractivity contribution >= 4 is 34.2 Å². The highest BCUT2D eigenvalue weighted by atomic mass is 35.5. The van der Waals surface area contributed by atoms with Crippen LogP contribution in [0.5, 0.6) is 0 Å². The lowest BCUT2D eigenvalue weighted by Gasteiger charge is -2.31. The zero-order valence-corrected chi connectivity index (χ0v) is 12.5. The Morgan fingerprint density at radius 1 is 1.32 bits per heavy atom. The second kappa shape index (κ2) is 5.31. The number of imidazole rings is 1. The summed E-state index contributed by atoms with van der Waals surface area (Å²) < 4.78 is 2.29. The summed E-state index contributed by atoms with van der Waals surface area (Å²) in [4.78, 5) is 6.97. The second-order valence-electron chi connectivity index (χ2n) is 5.17. The Hall–Kier alpha value is -0.770. The van der Waals surface area contributed by atoms with Crippen molar-refractivity contribution in [1.29, 1.82) is 0 Å². The molecule has 0 bridgehead atoms. The largest absolute Gasteiger partial charge is 0.324 e. The molecular formula is C14H17Cl2N3. The van der Waals surface area contributed by atoms with Crippen LogP contribution in [0.15, 0.2) is 18.2 Å². The van der Waals surface area contributed by atoms with Crippen molar-refractivity contribution in [3.05, 3.63) is 29.0 Å². The number of alkyl halides is 1. The van der Waals surface area contributed by atoms with Crippen molar-refractivity contribution in [2.75, 3.05) is 20.1 Å². The molecule has 1 fully saturated rings. The molecule has 5 heteroatoms. The first-order valence-electron chi connectivity index (χ1n) is 6.60. The molecule has 1 saturated heterocycles. The highest BCUT2D eigenvalue weighted by Gasteiger charge is 2.23. The molecule has 0 radical (unpaired) electrons. The summed E-state index contributed by atoms with van der Waals surface area (Å²) in [6.45, 7) is 2.24. The molecule has 2 aromatic rings. The highest BCUT2D eigenvalue weighted by Crippen LogP contribution is 2.31. The fourth-order valence-electron chi connectivity index (χ4n) is 2.89. The molecule has 1 aromatic carbocycles. The molecule has 0 saturated carbocycles. The number of halogens is 2. The van der Waals surface area contributed by atoms with E-state index >= 15 is 0 Å². The van der Waals surface area contributed by atoms with Crippen LogP contribution in [0.2, 0.25) is 5.02 Å². The summed E-state index contributed by atoms with van der Waals surface area (Å²) in [6.07, 6.45) is 2.27. The van der Waals surface area contributed by atoms with Gasteiger partial charge in [-0.2, -0.15) is 0 Å². The van der Waals surface area contributed by atoms with Crippen LogP contribution in [0.4, 0.5) is 0 Å². The van der Waals surface area contributed by atoms with Crippen LogP contribution in [0.25, 0.3) is 11.0 Å². The third-order valence-electron chi connectivity index (χ3n) is 3.92. The van der Waals surface area contributed by atoms with E-state index < -0.39 is 0 Å². The quantitative estimate of drug-likeness (QED) is 0.788. The summed E-state index contributed by atoms with van der Waals surface area (Å²) in [6, 6.07) is 6.43. The normalized spacial score (nSPS) is 18.3. The zero-order valence-electron chi connectivity index (χ0n) is 10.9. The summed E-state index contributed by atoms with van der Waals surface area (Å²) in [7, 11) is 2.17. The molecule has 0 N–H and O–H groups in total. The van der Waals surface area contributed by atoms with Gasteiger partial charge in [-0.1, -0.05) is 17.7 Å². The van der Waals surface area contributed by atoms with E-state index in [1.165, 1.54) is 0 Å². The first kappa shape index (κ1) is 13.2. The average molecular weight is 298 g/mol. The minimum Gasteiger partial charge on any atom is -0.324 e. The predicted octanol–water partition coefficient (Wildman–Crippen LogP) is 3.70. The molecular weight excluding hydrogens is 281 g/mol. The van der Waals surface area contributed by atoms with Crippen molar-refractivity contribution < 1.29 is 0 Å². The van der Waals surface area contributed by atoms with E-state index in [0.29, 0.717) is 16.9 Å². The SMILES string of the molecule is CN1CCC(n2c(CCl)nc3c(Cl)cccc32)CC1. The second-order valence-corrected chi connectivity index (χ2v) is 5.85. The highest BCUT2D eigenvalue weighted by molar-refractivity contribution is 6.35. The molecule has 0 atom stereocenters. The van der Waals surface area contributed by atoms with Gasteiger partial charge in [0.15, 0.2) is 0 Å². The first-order valence-corrected chi connectivity index (χ1v) is 7.52. The van der Waals surface area contributed by atoms with E-state index in [9.17, 15) is 0 Å². The Balaban J connectivity index is 2.08. The van der Waals surface area contributed by atoms with Gasteiger partial charge in [-0.3, -0.25) is 0 Å². The number of aromatic nitrogens is 2. The molecule has 0 amide bonds. The van der Waals surface area contributed by atoms with Crippen LogP contribution in [-0.4, -0.2) is 34.6 Å². The molecule has 1 aromatic heterocycles. The Labute approximate surface area is 123 Å². The fourth-order valence-corrected chi connectivity index (χ4v) is 3.29. The molecule has 0 aliphatic carbocycles. The summed E-state index contributed by atoms with van der Waals surface area (Å²) >= 11 is 12.3. The van der Waals surface area contributed by atoms with Crippen molar-refractivity contribution in [1.82, 2.24) is 14.5 Å². The van der Waals surface area contributed by atoms with E-state index in [1.807, 2.05) is 12.1 Å². The molecule has 19 heavy (non-hydrogen) atoms. The van der Waals surface area contributed by atoms with Gasteiger partial charge < -0.3 is 9.47 Å². The fraction of sp³-hybridized carbons (Fsp3) is 0.500. The topological polar surface area (TPSA) is 21.1 Å². The monoisotopic (exact) mass is 297 g/mol. The van der Waals surface area contributed by atoms with E-state index in [-0.39, 0.29) is 0 Å². The predicted molar refractivity (Wildman–Crippen MR) is 80.1 cm³/mol. The van der Waals surface area contributed by atoms with Gasteiger partial charge in [0, 0.05) is 6.04 Å². The van der Waals surface area contributed by atoms with E-state index in [2.05, 4.69) is 27.6 Å². The molecule has 0 unspecified atom stereocenters. The molecule has 3 nitrogen and oxygen atoms in total. The number of hydrogen-bond acceptors (Lipinski definition) is 2. The number of para-hydroxylation sites is 1. The lowest BCUT2D eigenvalue weighted by Crippen LogP contribution is -2.31. The van der Waals surface area contributed by atoms with Gasteiger partial charge in [-0.25, -0.2) is 4.98 Å². The Morgan fingerprint density at radius 3 is 2.74 bits per heavy atom. The smallest absolute Gasteiger partial charge is 0.125 e. The number of hydrogen-bond donors (Lipinski definition) is 0. The van der Waals surface area contributed by atoms with Crippen LogP contribution in [0.3, 0.4) is 0 Å². The van der Waals surface area contributed by atoms with Crippen molar-refractivity contribution in [3.63, 3.8) is 0 Å². The number of fused-ring (bicyclic) bond motifs is 1. The number of benzene rings is 1. The van der Waals surface area contributed by atoms with Crippen molar-refractivity contribution in [2.24, 2.45) is 0 Å². The maximum absolute atomic E-state index is 6.23. The maximum atomic E-state index is 6.23. The number of piperidine rings is 1. The van der Waals surface area contributed by atoms with Crippen LogP contribution < -0.4 is 0 Å². The van der Waals surface area contributed by atoms with Gasteiger partial charge in [-0.05, 0) is 45.1 Å². The molecule has 1 aliphatic rings. The van der Waals surface area contributed by atoms with E-state index in [0.717, 1.165) is 42.8 Å². The summed E-state index contributed by atoms with van der Waals surface area (Å²) in [5, 5.41) is 0.704. The third-order valence-corrected chi connectivity index (χ3v) is 4.46. The zero-order chi connectivity index (χ0) is 13.4. The Bertz CT molecular complexity index is 586. The van der Waals surface area contributed by atoms with Crippen molar-refractivity contribution in [3.8, 4) is 0 Å². The first-order chi connectivity index (χ1) is 9.20. The van der Waals surface area contributed by atoms with Gasteiger partial charge >= 0.3 is 0 Å². The Kier molecular flexibility index (Phi) is 3.70. The molecule has 1 aliphatic heterocycles. The van der Waals surface area contributed by atoms with Gasteiger partial charge in [0.05, 0.1) is 16.4 Å². The van der Waals surface area contributed by atoms with Crippen LogP contribution in [-0.2, 0) is 5.88 Å². The Morgan fingerprint density at radius 2 is 2.05 bits per heavy atom. The minimum absolute atomic E-state index is 0.428. The van der Waals surface area contributed by atoms with E-state index in [4.69, 9.17) is 23.2 Å². The number of rotatable bonds is 2. The van der Waals surface area contributed by atoms with Gasteiger partial charge in [0.25, 0.3) is 0 Å².